The van der Waals surface area contributed by atoms with Gasteiger partial charge in [-0.25, -0.2) is 9.97 Å². The lowest BCUT2D eigenvalue weighted by atomic mass is 9.99. The highest BCUT2D eigenvalue weighted by Crippen LogP contribution is 2.26. The molecule has 0 bridgehead atoms. The van der Waals surface area contributed by atoms with Crippen molar-refractivity contribution >= 4 is 11.7 Å². The zero-order chi connectivity index (χ0) is 17.9. The Morgan fingerprint density at radius 3 is 2.85 bits per heavy atom. The van der Waals surface area contributed by atoms with Crippen LogP contribution in [0.5, 0.6) is 0 Å². The van der Waals surface area contributed by atoms with Crippen molar-refractivity contribution in [3.63, 3.8) is 0 Å². The van der Waals surface area contributed by atoms with Gasteiger partial charge in [0.1, 0.15) is 17.8 Å². The molecule has 0 aliphatic carbocycles. The van der Waals surface area contributed by atoms with Gasteiger partial charge in [0, 0.05) is 31.7 Å². The van der Waals surface area contributed by atoms with Crippen LogP contribution in [0.3, 0.4) is 0 Å². The highest BCUT2D eigenvalue weighted by molar-refractivity contribution is 5.93. The van der Waals surface area contributed by atoms with Gasteiger partial charge in [-0.15, -0.1) is 0 Å². The average molecular weight is 350 g/mol. The molecule has 5 nitrogen and oxygen atoms in total. The summed E-state index contributed by atoms with van der Waals surface area (Å²) in [5.74, 6) is 0.903. The fourth-order valence-electron chi connectivity index (χ4n) is 4.18. The number of carbonyl (C=O) groups excluding carboxylic acids is 1. The summed E-state index contributed by atoms with van der Waals surface area (Å²) < 4.78 is 0. The Balaban J connectivity index is 1.54. The zero-order valence-electron chi connectivity index (χ0n) is 15.4. The highest BCUT2D eigenvalue weighted by atomic mass is 16.2. The van der Waals surface area contributed by atoms with E-state index in [0.717, 1.165) is 31.7 Å². The fraction of sp³-hybridized carbons (Fsp3) is 0.476. The van der Waals surface area contributed by atoms with Crippen LogP contribution in [0.15, 0.2) is 36.7 Å². The SMILES string of the molecule is CCC1CCCCN1c1cc(C(=O)N2CCc3ccccc3C2)ncn1. The van der Waals surface area contributed by atoms with Gasteiger partial charge in [0.25, 0.3) is 5.91 Å². The summed E-state index contributed by atoms with van der Waals surface area (Å²) in [6.45, 7) is 4.65. The number of amides is 1. The van der Waals surface area contributed by atoms with Crippen LogP contribution in [-0.2, 0) is 13.0 Å². The molecule has 5 heteroatoms. The van der Waals surface area contributed by atoms with Crippen molar-refractivity contribution in [1.29, 1.82) is 0 Å². The van der Waals surface area contributed by atoms with Gasteiger partial charge in [-0.1, -0.05) is 31.2 Å². The monoisotopic (exact) mass is 350 g/mol. The number of hydrogen-bond donors (Lipinski definition) is 0. The van der Waals surface area contributed by atoms with E-state index in [9.17, 15) is 4.79 Å². The van der Waals surface area contributed by atoms with Crippen molar-refractivity contribution in [3.8, 4) is 0 Å². The minimum Gasteiger partial charge on any atom is -0.354 e. The number of piperidine rings is 1. The summed E-state index contributed by atoms with van der Waals surface area (Å²) in [5, 5.41) is 0. The third-order valence-electron chi connectivity index (χ3n) is 5.68. The van der Waals surface area contributed by atoms with Crippen molar-refractivity contribution in [3.05, 3.63) is 53.5 Å². The summed E-state index contributed by atoms with van der Waals surface area (Å²) in [4.78, 5) is 26.0. The Kier molecular flexibility index (Phi) is 4.87. The third kappa shape index (κ3) is 3.30. The van der Waals surface area contributed by atoms with Gasteiger partial charge in [0.2, 0.25) is 0 Å². The molecule has 1 amide bonds. The maximum Gasteiger partial charge on any atom is 0.272 e. The molecule has 136 valence electrons. The molecular formula is C21H26N4O. The largest absolute Gasteiger partial charge is 0.354 e. The Morgan fingerprint density at radius 2 is 2.00 bits per heavy atom. The molecule has 1 unspecified atom stereocenters. The lowest BCUT2D eigenvalue weighted by Gasteiger charge is -2.36. The van der Waals surface area contributed by atoms with E-state index < -0.39 is 0 Å². The number of fused-ring (bicyclic) bond motifs is 1. The summed E-state index contributed by atoms with van der Waals surface area (Å²) in [6.07, 6.45) is 7.22. The van der Waals surface area contributed by atoms with Gasteiger partial charge < -0.3 is 9.80 Å². The molecule has 1 saturated heterocycles. The quantitative estimate of drug-likeness (QED) is 0.851. The first kappa shape index (κ1) is 17.0. The lowest BCUT2D eigenvalue weighted by molar-refractivity contribution is 0.0728. The molecular weight excluding hydrogens is 324 g/mol. The first-order chi connectivity index (χ1) is 12.8. The van der Waals surface area contributed by atoms with Crippen molar-refractivity contribution < 1.29 is 4.79 Å². The van der Waals surface area contributed by atoms with Gasteiger partial charge >= 0.3 is 0 Å². The second kappa shape index (κ2) is 7.44. The van der Waals surface area contributed by atoms with E-state index in [0.29, 0.717) is 18.3 Å². The van der Waals surface area contributed by atoms with Crippen molar-refractivity contribution in [2.45, 2.75) is 51.6 Å². The van der Waals surface area contributed by atoms with Crippen LogP contribution >= 0.6 is 0 Å². The maximum absolute atomic E-state index is 13.0. The van der Waals surface area contributed by atoms with Gasteiger partial charge in [-0.2, -0.15) is 0 Å². The van der Waals surface area contributed by atoms with E-state index in [1.165, 1.54) is 30.4 Å². The molecule has 3 heterocycles. The number of benzene rings is 1. The maximum atomic E-state index is 13.0. The molecule has 0 spiro atoms. The van der Waals surface area contributed by atoms with Crippen LogP contribution in [0.4, 0.5) is 5.82 Å². The van der Waals surface area contributed by atoms with E-state index in [1.54, 1.807) is 6.33 Å². The molecule has 2 aromatic rings. The van der Waals surface area contributed by atoms with Gasteiger partial charge in [-0.3, -0.25) is 4.79 Å². The van der Waals surface area contributed by atoms with Crippen molar-refractivity contribution in [2.75, 3.05) is 18.0 Å². The smallest absolute Gasteiger partial charge is 0.272 e. The average Bonchev–Trinajstić information content (AvgIpc) is 2.73. The molecule has 2 aliphatic heterocycles. The number of nitrogens with zero attached hydrogens (tertiary/aromatic N) is 4. The summed E-state index contributed by atoms with van der Waals surface area (Å²) in [6, 6.07) is 10.8. The first-order valence-corrected chi connectivity index (χ1v) is 9.71. The Bertz CT molecular complexity index is 791. The van der Waals surface area contributed by atoms with E-state index in [4.69, 9.17) is 0 Å². The summed E-state index contributed by atoms with van der Waals surface area (Å²) in [5.41, 5.74) is 3.09. The number of anilines is 1. The molecule has 1 fully saturated rings. The molecule has 2 aliphatic rings. The molecule has 1 aromatic carbocycles. The van der Waals surface area contributed by atoms with Crippen LogP contribution in [0, 0.1) is 0 Å². The van der Waals surface area contributed by atoms with Crippen molar-refractivity contribution in [1.82, 2.24) is 14.9 Å². The second-order valence-electron chi connectivity index (χ2n) is 7.26. The Morgan fingerprint density at radius 1 is 1.15 bits per heavy atom. The fourth-order valence-corrected chi connectivity index (χ4v) is 4.18. The predicted octanol–water partition coefficient (Wildman–Crippen LogP) is 3.44. The Hall–Kier alpha value is -2.43. The molecule has 1 aromatic heterocycles. The summed E-state index contributed by atoms with van der Waals surface area (Å²) >= 11 is 0. The zero-order valence-corrected chi connectivity index (χ0v) is 15.4. The van der Waals surface area contributed by atoms with Crippen LogP contribution in [0.2, 0.25) is 0 Å². The van der Waals surface area contributed by atoms with Crippen LogP contribution in [0.1, 0.15) is 54.2 Å². The lowest BCUT2D eigenvalue weighted by Crippen LogP contribution is -2.40. The number of hydrogen-bond acceptors (Lipinski definition) is 4. The van der Waals surface area contributed by atoms with Crippen molar-refractivity contribution in [2.24, 2.45) is 0 Å². The normalized spacial score (nSPS) is 20.0. The highest BCUT2D eigenvalue weighted by Gasteiger charge is 2.26. The standard InChI is InChI=1S/C21H26N4O/c1-2-18-9-5-6-11-25(18)20-13-19(22-15-23-20)21(26)24-12-10-16-7-3-4-8-17(16)14-24/h3-4,7-8,13,15,18H,2,5-6,9-12,14H2,1H3. The minimum absolute atomic E-state index is 0.00760. The number of rotatable bonds is 3. The van der Waals surface area contributed by atoms with Gasteiger partial charge in [0.05, 0.1) is 0 Å². The molecule has 26 heavy (non-hydrogen) atoms. The predicted molar refractivity (Wildman–Crippen MR) is 102 cm³/mol. The molecule has 4 rings (SSSR count). The van der Waals surface area contributed by atoms with Gasteiger partial charge in [-0.05, 0) is 43.2 Å². The Labute approximate surface area is 155 Å². The second-order valence-corrected chi connectivity index (χ2v) is 7.26. The number of carbonyl (C=O) groups is 1. The van der Waals surface area contributed by atoms with Crippen LogP contribution < -0.4 is 4.90 Å². The minimum atomic E-state index is 0.00760. The summed E-state index contributed by atoms with van der Waals surface area (Å²) in [7, 11) is 0. The molecule has 0 saturated carbocycles. The van der Waals surface area contributed by atoms with Crippen LogP contribution in [0.25, 0.3) is 0 Å². The first-order valence-electron chi connectivity index (χ1n) is 9.71. The number of aromatic nitrogens is 2. The van der Waals surface area contributed by atoms with E-state index >= 15 is 0 Å². The molecule has 0 radical (unpaired) electrons. The molecule has 1 atom stereocenters. The topological polar surface area (TPSA) is 49.3 Å². The third-order valence-corrected chi connectivity index (χ3v) is 5.68. The molecule has 0 N–H and O–H groups in total. The van der Waals surface area contributed by atoms with Crippen LogP contribution in [-0.4, -0.2) is 39.9 Å². The van der Waals surface area contributed by atoms with E-state index in [-0.39, 0.29) is 5.91 Å². The van der Waals surface area contributed by atoms with E-state index in [2.05, 4.69) is 40.0 Å². The van der Waals surface area contributed by atoms with Gasteiger partial charge in [0.15, 0.2) is 0 Å². The van der Waals surface area contributed by atoms with E-state index in [1.807, 2.05) is 17.0 Å².